The van der Waals surface area contributed by atoms with Gasteiger partial charge in [0.15, 0.2) is 0 Å². The molecule has 3 aromatic rings. The summed E-state index contributed by atoms with van der Waals surface area (Å²) in [4.78, 5) is 4.08. The quantitative estimate of drug-likeness (QED) is 0.684. The summed E-state index contributed by atoms with van der Waals surface area (Å²) in [5.41, 5.74) is 4.34. The molecule has 0 spiro atoms. The third-order valence-electron chi connectivity index (χ3n) is 3.52. The van der Waals surface area contributed by atoms with E-state index >= 15 is 0 Å². The number of pyridine rings is 1. The lowest BCUT2D eigenvalue weighted by molar-refractivity contribution is 0.414. The summed E-state index contributed by atoms with van der Waals surface area (Å²) in [6.07, 6.45) is 5.64. The van der Waals surface area contributed by atoms with E-state index < -0.39 is 0 Å². The fourth-order valence-electron chi connectivity index (χ4n) is 2.32. The molecule has 2 heterocycles. The van der Waals surface area contributed by atoms with E-state index in [0.29, 0.717) is 11.7 Å². The highest BCUT2D eigenvalue weighted by molar-refractivity contribution is 6.29. The summed E-state index contributed by atoms with van der Waals surface area (Å²) >= 11 is 5.98. The monoisotopic (exact) mass is 313 g/mol. The van der Waals surface area contributed by atoms with Gasteiger partial charge in [-0.05, 0) is 41.8 Å². The molecule has 3 rings (SSSR count). The molecule has 2 aromatic heterocycles. The Bertz CT molecular complexity index is 781. The van der Waals surface area contributed by atoms with E-state index in [1.165, 1.54) is 5.56 Å². The van der Waals surface area contributed by atoms with E-state index in [1.807, 2.05) is 54.3 Å². The SMILES string of the molecule is COc1ccc(Cn2cc(-c3cc(Cl)ncc3C)cn2)cc1. The smallest absolute Gasteiger partial charge is 0.129 e. The van der Waals surface area contributed by atoms with E-state index in [1.54, 1.807) is 13.3 Å². The predicted molar refractivity (Wildman–Crippen MR) is 87.3 cm³/mol. The molecule has 0 unspecified atom stereocenters. The number of aromatic nitrogens is 3. The fraction of sp³-hybridized carbons (Fsp3) is 0.176. The van der Waals surface area contributed by atoms with Crippen molar-refractivity contribution in [2.24, 2.45) is 0 Å². The number of hydrogen-bond donors (Lipinski definition) is 0. The van der Waals surface area contributed by atoms with E-state index in [4.69, 9.17) is 16.3 Å². The molecule has 0 N–H and O–H groups in total. The standard InChI is InChI=1S/C17H16ClN3O/c1-12-8-19-17(18)7-16(12)14-9-20-21(11-14)10-13-3-5-15(22-2)6-4-13/h3-9,11H,10H2,1-2H3. The van der Waals surface area contributed by atoms with Crippen molar-refractivity contribution in [1.82, 2.24) is 14.8 Å². The molecule has 1 aromatic carbocycles. The van der Waals surface area contributed by atoms with Gasteiger partial charge < -0.3 is 4.74 Å². The number of benzene rings is 1. The van der Waals surface area contributed by atoms with Gasteiger partial charge in [-0.25, -0.2) is 4.98 Å². The van der Waals surface area contributed by atoms with Crippen LogP contribution in [-0.2, 0) is 6.54 Å². The summed E-state index contributed by atoms with van der Waals surface area (Å²) < 4.78 is 7.07. The normalized spacial score (nSPS) is 10.7. The molecule has 4 nitrogen and oxygen atoms in total. The molecule has 0 aliphatic carbocycles. The number of rotatable bonds is 4. The minimum absolute atomic E-state index is 0.489. The van der Waals surface area contributed by atoms with E-state index in [-0.39, 0.29) is 0 Å². The largest absolute Gasteiger partial charge is 0.497 e. The van der Waals surface area contributed by atoms with Crippen LogP contribution in [0.15, 0.2) is 48.9 Å². The highest BCUT2D eigenvalue weighted by Gasteiger charge is 2.07. The Morgan fingerprint density at radius 3 is 2.68 bits per heavy atom. The van der Waals surface area contributed by atoms with Crippen LogP contribution in [0.5, 0.6) is 5.75 Å². The minimum atomic E-state index is 0.489. The van der Waals surface area contributed by atoms with E-state index in [0.717, 1.165) is 22.4 Å². The molecule has 0 bridgehead atoms. The zero-order valence-electron chi connectivity index (χ0n) is 12.5. The summed E-state index contributed by atoms with van der Waals surface area (Å²) in [6.45, 7) is 2.72. The summed E-state index contributed by atoms with van der Waals surface area (Å²) in [6, 6.07) is 9.84. The van der Waals surface area contributed by atoms with Gasteiger partial charge in [-0.15, -0.1) is 0 Å². The third-order valence-corrected chi connectivity index (χ3v) is 3.72. The molecule has 0 aliphatic rings. The van der Waals surface area contributed by atoms with Gasteiger partial charge in [-0.3, -0.25) is 4.68 Å². The van der Waals surface area contributed by atoms with Crippen LogP contribution >= 0.6 is 11.6 Å². The number of methoxy groups -OCH3 is 1. The maximum atomic E-state index is 5.98. The number of halogens is 1. The molecular formula is C17H16ClN3O. The van der Waals surface area contributed by atoms with Crippen molar-refractivity contribution in [2.75, 3.05) is 7.11 Å². The zero-order valence-corrected chi connectivity index (χ0v) is 13.2. The summed E-state index contributed by atoms with van der Waals surface area (Å²) in [7, 11) is 1.66. The molecule has 0 atom stereocenters. The lowest BCUT2D eigenvalue weighted by Crippen LogP contribution is -1.99. The van der Waals surface area contributed by atoms with Crippen molar-refractivity contribution in [3.8, 4) is 16.9 Å². The molecule has 0 aliphatic heterocycles. The van der Waals surface area contributed by atoms with Gasteiger partial charge in [0, 0.05) is 18.0 Å². The first-order valence-corrected chi connectivity index (χ1v) is 7.31. The van der Waals surface area contributed by atoms with Crippen molar-refractivity contribution in [3.05, 3.63) is 65.2 Å². The van der Waals surface area contributed by atoms with Gasteiger partial charge in [0.2, 0.25) is 0 Å². The topological polar surface area (TPSA) is 39.9 Å². The van der Waals surface area contributed by atoms with Gasteiger partial charge in [-0.2, -0.15) is 5.10 Å². The van der Waals surface area contributed by atoms with E-state index in [2.05, 4.69) is 10.1 Å². The number of hydrogen-bond acceptors (Lipinski definition) is 3. The molecule has 0 amide bonds. The number of aryl methyl sites for hydroxylation is 1. The van der Waals surface area contributed by atoms with Crippen molar-refractivity contribution >= 4 is 11.6 Å². The number of nitrogens with zero attached hydrogens (tertiary/aromatic N) is 3. The Kier molecular flexibility index (Phi) is 4.11. The van der Waals surface area contributed by atoms with Gasteiger partial charge >= 0.3 is 0 Å². The van der Waals surface area contributed by atoms with Crippen LogP contribution in [0.25, 0.3) is 11.1 Å². The Morgan fingerprint density at radius 1 is 1.18 bits per heavy atom. The Hall–Kier alpha value is -2.33. The Morgan fingerprint density at radius 2 is 1.95 bits per heavy atom. The fourth-order valence-corrected chi connectivity index (χ4v) is 2.47. The first-order valence-electron chi connectivity index (χ1n) is 6.93. The van der Waals surface area contributed by atoms with Crippen LogP contribution in [0.3, 0.4) is 0 Å². The molecule has 0 fully saturated rings. The lowest BCUT2D eigenvalue weighted by Gasteiger charge is -2.04. The van der Waals surface area contributed by atoms with Crippen molar-refractivity contribution in [3.63, 3.8) is 0 Å². The van der Waals surface area contributed by atoms with Crippen molar-refractivity contribution in [1.29, 1.82) is 0 Å². The molecule has 0 radical (unpaired) electrons. The average Bonchev–Trinajstić information content (AvgIpc) is 2.99. The second kappa shape index (κ2) is 6.20. The first kappa shape index (κ1) is 14.6. The highest BCUT2D eigenvalue weighted by Crippen LogP contribution is 2.25. The second-order valence-corrected chi connectivity index (χ2v) is 5.48. The molecule has 0 saturated carbocycles. The maximum Gasteiger partial charge on any atom is 0.129 e. The van der Waals surface area contributed by atoms with Crippen LogP contribution in [-0.4, -0.2) is 21.9 Å². The molecule has 22 heavy (non-hydrogen) atoms. The van der Waals surface area contributed by atoms with Crippen LogP contribution in [0, 0.1) is 6.92 Å². The zero-order chi connectivity index (χ0) is 15.5. The van der Waals surface area contributed by atoms with E-state index in [9.17, 15) is 0 Å². The minimum Gasteiger partial charge on any atom is -0.497 e. The maximum absolute atomic E-state index is 5.98. The molecule has 0 saturated heterocycles. The Labute approximate surface area is 134 Å². The summed E-state index contributed by atoms with van der Waals surface area (Å²) in [5.74, 6) is 0.854. The lowest BCUT2D eigenvalue weighted by atomic mass is 10.1. The van der Waals surface area contributed by atoms with Crippen molar-refractivity contribution < 1.29 is 4.74 Å². The van der Waals surface area contributed by atoms with Crippen LogP contribution < -0.4 is 4.74 Å². The molecular weight excluding hydrogens is 298 g/mol. The third kappa shape index (κ3) is 3.12. The van der Waals surface area contributed by atoms with Gasteiger partial charge in [-0.1, -0.05) is 23.7 Å². The van der Waals surface area contributed by atoms with Gasteiger partial charge in [0.05, 0.1) is 19.9 Å². The number of ether oxygens (including phenoxy) is 1. The summed E-state index contributed by atoms with van der Waals surface area (Å²) in [5, 5.41) is 4.91. The highest BCUT2D eigenvalue weighted by atomic mass is 35.5. The van der Waals surface area contributed by atoms with Gasteiger partial charge in [0.25, 0.3) is 0 Å². The molecule has 5 heteroatoms. The average molecular weight is 314 g/mol. The van der Waals surface area contributed by atoms with Gasteiger partial charge in [0.1, 0.15) is 10.9 Å². The second-order valence-electron chi connectivity index (χ2n) is 5.10. The predicted octanol–water partition coefficient (Wildman–Crippen LogP) is 3.96. The van der Waals surface area contributed by atoms with Crippen LogP contribution in [0.2, 0.25) is 5.15 Å². The first-order chi connectivity index (χ1) is 10.7. The molecule has 112 valence electrons. The van der Waals surface area contributed by atoms with Crippen LogP contribution in [0.1, 0.15) is 11.1 Å². The van der Waals surface area contributed by atoms with Crippen molar-refractivity contribution in [2.45, 2.75) is 13.5 Å². The Balaban J connectivity index is 1.82. The van der Waals surface area contributed by atoms with Crippen LogP contribution in [0.4, 0.5) is 0 Å².